The number of amides is 4. The lowest BCUT2D eigenvalue weighted by Crippen LogP contribution is -2.69. The molecule has 1 aromatic rings. The summed E-state index contributed by atoms with van der Waals surface area (Å²) in [5.74, 6) is -0.346. The van der Waals surface area contributed by atoms with Crippen LogP contribution in [0.15, 0.2) is 30.3 Å². The van der Waals surface area contributed by atoms with E-state index in [1.807, 2.05) is 30.3 Å². The summed E-state index contributed by atoms with van der Waals surface area (Å²) in [6.07, 6.45) is 0.144. The first-order chi connectivity index (χ1) is 11.6. The molecule has 1 aliphatic heterocycles. The summed E-state index contributed by atoms with van der Waals surface area (Å²) >= 11 is 0. The van der Waals surface area contributed by atoms with Gasteiger partial charge in [-0.15, -0.1) is 0 Å². The van der Waals surface area contributed by atoms with Crippen LogP contribution in [0.4, 0.5) is 9.59 Å². The Hall–Kier alpha value is -2.57. The van der Waals surface area contributed by atoms with Crippen molar-refractivity contribution in [1.29, 1.82) is 0 Å². The molecule has 2 fully saturated rings. The van der Waals surface area contributed by atoms with Crippen LogP contribution < -0.4 is 10.6 Å². The second kappa shape index (κ2) is 5.47. The maximum atomic E-state index is 12.6. The van der Waals surface area contributed by atoms with Crippen molar-refractivity contribution in [2.24, 2.45) is 0 Å². The van der Waals surface area contributed by atoms with Gasteiger partial charge in [-0.3, -0.25) is 10.1 Å². The van der Waals surface area contributed by atoms with Crippen molar-refractivity contribution >= 4 is 18.0 Å². The fourth-order valence-electron chi connectivity index (χ4n) is 3.61. The van der Waals surface area contributed by atoms with E-state index in [1.165, 1.54) is 4.90 Å². The average Bonchev–Trinajstić information content (AvgIpc) is 2.78. The number of rotatable bonds is 2. The Morgan fingerprint density at radius 3 is 2.24 bits per heavy atom. The molecule has 25 heavy (non-hydrogen) atoms. The SMILES string of the molecule is CN(C(=O)OC(C)(C)C)C1(c2ccccc2)CC2(C1)NC(=O)NC2=O. The summed E-state index contributed by atoms with van der Waals surface area (Å²) in [6.45, 7) is 5.42. The quantitative estimate of drug-likeness (QED) is 0.804. The normalized spacial score (nSPS) is 28.2. The van der Waals surface area contributed by atoms with Gasteiger partial charge < -0.3 is 15.0 Å². The van der Waals surface area contributed by atoms with Crippen LogP contribution in [0.1, 0.15) is 39.2 Å². The molecule has 2 aliphatic rings. The van der Waals surface area contributed by atoms with Crippen LogP contribution in [-0.2, 0) is 15.1 Å². The lowest BCUT2D eigenvalue weighted by atomic mass is 9.59. The zero-order chi connectivity index (χ0) is 18.5. The van der Waals surface area contributed by atoms with E-state index < -0.39 is 28.8 Å². The van der Waals surface area contributed by atoms with Crippen LogP contribution in [0.5, 0.6) is 0 Å². The number of imide groups is 1. The highest BCUT2D eigenvalue weighted by atomic mass is 16.6. The number of ether oxygens (including phenoxy) is 1. The number of hydrogen-bond acceptors (Lipinski definition) is 4. The molecule has 7 heteroatoms. The number of nitrogens with zero attached hydrogens (tertiary/aromatic N) is 1. The van der Waals surface area contributed by atoms with Gasteiger partial charge in [-0.25, -0.2) is 9.59 Å². The molecule has 4 amide bonds. The Labute approximate surface area is 146 Å². The summed E-state index contributed by atoms with van der Waals surface area (Å²) in [6, 6.07) is 9.01. The van der Waals surface area contributed by atoms with E-state index in [-0.39, 0.29) is 5.91 Å². The maximum absolute atomic E-state index is 12.6. The Morgan fingerprint density at radius 2 is 1.76 bits per heavy atom. The van der Waals surface area contributed by atoms with Crippen molar-refractivity contribution in [3.63, 3.8) is 0 Å². The molecule has 1 spiro atoms. The summed E-state index contributed by atoms with van der Waals surface area (Å²) in [4.78, 5) is 37.9. The molecule has 1 aliphatic carbocycles. The monoisotopic (exact) mass is 345 g/mol. The van der Waals surface area contributed by atoms with E-state index >= 15 is 0 Å². The zero-order valence-electron chi connectivity index (χ0n) is 14.9. The zero-order valence-corrected chi connectivity index (χ0v) is 14.9. The summed E-state index contributed by atoms with van der Waals surface area (Å²) in [7, 11) is 1.67. The molecule has 1 heterocycles. The van der Waals surface area contributed by atoms with Gasteiger partial charge >= 0.3 is 12.1 Å². The molecular weight excluding hydrogens is 322 g/mol. The number of carbonyl (C=O) groups excluding carboxylic acids is 3. The van der Waals surface area contributed by atoms with E-state index in [1.54, 1.807) is 27.8 Å². The lowest BCUT2D eigenvalue weighted by molar-refractivity contribution is -0.135. The van der Waals surface area contributed by atoms with Gasteiger partial charge in [-0.05, 0) is 26.3 Å². The standard InChI is InChI=1S/C18H23N3O4/c1-16(2,3)25-15(24)21(4)18(12-8-6-5-7-9-12)10-17(11-18)13(22)19-14(23)20-17/h5-9H,10-11H2,1-4H3,(H2,19,20,22,23). The van der Waals surface area contributed by atoms with E-state index in [9.17, 15) is 14.4 Å². The first kappa shape index (κ1) is 17.3. The fraction of sp³-hybridized carbons (Fsp3) is 0.500. The minimum absolute atomic E-state index is 0.303. The number of benzene rings is 1. The number of carbonyl (C=O) groups is 3. The molecule has 0 aromatic heterocycles. The molecule has 3 rings (SSSR count). The minimum Gasteiger partial charge on any atom is -0.444 e. The van der Waals surface area contributed by atoms with Gasteiger partial charge in [-0.2, -0.15) is 0 Å². The summed E-state index contributed by atoms with van der Waals surface area (Å²) in [5, 5.41) is 4.99. The highest BCUT2D eigenvalue weighted by Gasteiger charge is 2.65. The largest absolute Gasteiger partial charge is 0.444 e. The highest BCUT2D eigenvalue weighted by Crippen LogP contribution is 2.53. The van der Waals surface area contributed by atoms with Crippen molar-refractivity contribution in [2.45, 2.75) is 50.3 Å². The second-order valence-electron chi connectivity index (χ2n) is 7.78. The molecule has 134 valence electrons. The summed E-state index contributed by atoms with van der Waals surface area (Å²) in [5.41, 5.74) is -1.39. The van der Waals surface area contributed by atoms with Crippen LogP contribution >= 0.6 is 0 Å². The summed E-state index contributed by atoms with van der Waals surface area (Å²) < 4.78 is 5.50. The van der Waals surface area contributed by atoms with Crippen LogP contribution in [0.2, 0.25) is 0 Å². The Morgan fingerprint density at radius 1 is 1.16 bits per heavy atom. The van der Waals surface area contributed by atoms with Crippen molar-refractivity contribution < 1.29 is 19.1 Å². The molecule has 1 saturated carbocycles. The molecule has 2 N–H and O–H groups in total. The van der Waals surface area contributed by atoms with Crippen LogP contribution in [0, 0.1) is 0 Å². The van der Waals surface area contributed by atoms with E-state index in [0.717, 1.165) is 5.56 Å². The molecule has 0 atom stereocenters. The van der Waals surface area contributed by atoms with Gasteiger partial charge in [0.25, 0.3) is 5.91 Å². The first-order valence-corrected chi connectivity index (χ1v) is 8.24. The number of hydrogen-bond donors (Lipinski definition) is 2. The topological polar surface area (TPSA) is 87.7 Å². The fourth-order valence-corrected chi connectivity index (χ4v) is 3.61. The van der Waals surface area contributed by atoms with Gasteiger partial charge in [0, 0.05) is 19.9 Å². The van der Waals surface area contributed by atoms with Gasteiger partial charge in [0.15, 0.2) is 0 Å². The van der Waals surface area contributed by atoms with Crippen molar-refractivity contribution in [2.75, 3.05) is 7.05 Å². The highest BCUT2D eigenvalue weighted by molar-refractivity contribution is 6.08. The van der Waals surface area contributed by atoms with E-state index in [4.69, 9.17) is 4.74 Å². The molecule has 0 unspecified atom stereocenters. The van der Waals surface area contributed by atoms with Gasteiger partial charge in [0.1, 0.15) is 11.1 Å². The van der Waals surface area contributed by atoms with E-state index in [0.29, 0.717) is 12.8 Å². The van der Waals surface area contributed by atoms with Gasteiger partial charge in [0.2, 0.25) is 0 Å². The third kappa shape index (κ3) is 2.83. The molecular formula is C18H23N3O4. The number of nitrogens with one attached hydrogen (secondary N) is 2. The average molecular weight is 345 g/mol. The van der Waals surface area contributed by atoms with Gasteiger partial charge in [-0.1, -0.05) is 30.3 Å². The van der Waals surface area contributed by atoms with E-state index in [2.05, 4.69) is 10.6 Å². The second-order valence-corrected chi connectivity index (χ2v) is 7.78. The van der Waals surface area contributed by atoms with Crippen LogP contribution in [0.3, 0.4) is 0 Å². The Kier molecular flexibility index (Phi) is 3.78. The number of urea groups is 1. The van der Waals surface area contributed by atoms with Crippen LogP contribution in [0.25, 0.3) is 0 Å². The molecule has 0 bridgehead atoms. The maximum Gasteiger partial charge on any atom is 0.410 e. The first-order valence-electron chi connectivity index (χ1n) is 8.24. The Balaban J connectivity index is 1.92. The molecule has 7 nitrogen and oxygen atoms in total. The Bertz CT molecular complexity index is 718. The van der Waals surface area contributed by atoms with Gasteiger partial charge in [0.05, 0.1) is 5.54 Å². The smallest absolute Gasteiger partial charge is 0.410 e. The molecule has 1 aromatic carbocycles. The van der Waals surface area contributed by atoms with Crippen molar-refractivity contribution in [1.82, 2.24) is 15.5 Å². The molecule has 1 saturated heterocycles. The predicted molar refractivity (Wildman–Crippen MR) is 90.8 cm³/mol. The predicted octanol–water partition coefficient (Wildman–Crippen LogP) is 2.12. The van der Waals surface area contributed by atoms with Crippen molar-refractivity contribution in [3.8, 4) is 0 Å². The third-order valence-electron chi connectivity index (χ3n) is 4.82. The van der Waals surface area contributed by atoms with Crippen molar-refractivity contribution in [3.05, 3.63) is 35.9 Å². The third-order valence-corrected chi connectivity index (χ3v) is 4.82. The minimum atomic E-state index is -0.969. The van der Waals surface area contributed by atoms with Crippen LogP contribution in [-0.4, -0.2) is 41.1 Å². The molecule has 0 radical (unpaired) electrons. The lowest BCUT2D eigenvalue weighted by Gasteiger charge is -2.56.